The molecule has 0 fully saturated rings. The van der Waals surface area contributed by atoms with Crippen LogP contribution in [0.5, 0.6) is 0 Å². The smallest absolute Gasteiger partial charge is 0.128 e. The molecule has 0 spiro atoms. The Kier molecular flexibility index (Phi) is 3.39. The standard InChI is InChI=1S/C10H14FNO/c1-2-9(13)10(12)7-5-3-4-6-8(7)11/h3-6,9-10,13H,2,12H2,1H3/t9-,10+/m1/s1. The number of hydrogen-bond acceptors (Lipinski definition) is 2. The SMILES string of the molecule is CC[C@@H](O)[C@@H](N)c1ccccc1F. The summed E-state index contributed by atoms with van der Waals surface area (Å²) in [5.41, 5.74) is 6.03. The zero-order chi connectivity index (χ0) is 9.84. The average Bonchev–Trinajstić information content (AvgIpc) is 2.16. The van der Waals surface area contributed by atoms with Crippen molar-refractivity contribution in [3.63, 3.8) is 0 Å². The predicted molar refractivity (Wildman–Crippen MR) is 49.6 cm³/mol. The van der Waals surface area contributed by atoms with Gasteiger partial charge in [0.15, 0.2) is 0 Å². The Morgan fingerprint density at radius 3 is 2.62 bits per heavy atom. The molecule has 2 nitrogen and oxygen atoms in total. The van der Waals surface area contributed by atoms with Gasteiger partial charge in [-0.15, -0.1) is 0 Å². The van der Waals surface area contributed by atoms with Crippen LogP contribution in [0.1, 0.15) is 24.9 Å². The molecule has 0 unspecified atom stereocenters. The minimum atomic E-state index is -0.683. The normalized spacial score (nSPS) is 15.4. The predicted octanol–water partition coefficient (Wildman–Crippen LogP) is 1.60. The van der Waals surface area contributed by atoms with E-state index >= 15 is 0 Å². The Bertz CT molecular complexity index is 277. The molecule has 0 heterocycles. The van der Waals surface area contributed by atoms with Gasteiger partial charge in [-0.05, 0) is 12.5 Å². The van der Waals surface area contributed by atoms with Gasteiger partial charge in [-0.2, -0.15) is 0 Å². The molecule has 0 amide bonds. The summed E-state index contributed by atoms with van der Waals surface area (Å²) in [6.45, 7) is 1.81. The maximum atomic E-state index is 13.1. The molecule has 0 saturated heterocycles. The van der Waals surface area contributed by atoms with Gasteiger partial charge in [-0.3, -0.25) is 0 Å². The molecule has 0 radical (unpaired) electrons. The van der Waals surface area contributed by atoms with Crippen LogP contribution in [0.3, 0.4) is 0 Å². The van der Waals surface area contributed by atoms with E-state index < -0.39 is 12.1 Å². The van der Waals surface area contributed by atoms with Gasteiger partial charge >= 0.3 is 0 Å². The summed E-state index contributed by atoms with van der Waals surface area (Å²) in [5.74, 6) is -0.359. The summed E-state index contributed by atoms with van der Waals surface area (Å²) in [6.07, 6.45) is -0.160. The summed E-state index contributed by atoms with van der Waals surface area (Å²) in [5, 5.41) is 9.41. The van der Waals surface area contributed by atoms with Crippen LogP contribution in [-0.4, -0.2) is 11.2 Å². The lowest BCUT2D eigenvalue weighted by atomic mass is 10.0. The van der Waals surface area contributed by atoms with Gasteiger partial charge in [0.25, 0.3) is 0 Å². The van der Waals surface area contributed by atoms with E-state index in [2.05, 4.69) is 0 Å². The van der Waals surface area contributed by atoms with Crippen LogP contribution in [0.25, 0.3) is 0 Å². The van der Waals surface area contributed by atoms with Crippen molar-refractivity contribution in [2.24, 2.45) is 5.73 Å². The van der Waals surface area contributed by atoms with Crippen LogP contribution >= 0.6 is 0 Å². The third-order valence-electron chi connectivity index (χ3n) is 2.10. The van der Waals surface area contributed by atoms with Crippen LogP contribution in [0.2, 0.25) is 0 Å². The second-order valence-corrected chi connectivity index (χ2v) is 3.02. The molecule has 0 aromatic heterocycles. The Labute approximate surface area is 77.2 Å². The summed E-state index contributed by atoms with van der Waals surface area (Å²) in [4.78, 5) is 0. The molecule has 3 heteroatoms. The maximum absolute atomic E-state index is 13.1. The maximum Gasteiger partial charge on any atom is 0.128 e. The number of benzene rings is 1. The van der Waals surface area contributed by atoms with E-state index in [1.54, 1.807) is 18.2 Å². The number of aliphatic hydroxyl groups is 1. The highest BCUT2D eigenvalue weighted by molar-refractivity contribution is 5.21. The van der Waals surface area contributed by atoms with Crippen LogP contribution in [0.4, 0.5) is 4.39 Å². The summed E-state index contributed by atoms with van der Waals surface area (Å²) < 4.78 is 13.1. The molecule has 0 saturated carbocycles. The molecule has 1 aromatic rings. The van der Waals surface area contributed by atoms with E-state index in [-0.39, 0.29) is 5.82 Å². The first kappa shape index (κ1) is 10.2. The molecule has 1 aromatic carbocycles. The summed E-state index contributed by atoms with van der Waals surface area (Å²) >= 11 is 0. The van der Waals surface area contributed by atoms with Crippen LogP contribution in [-0.2, 0) is 0 Å². The van der Waals surface area contributed by atoms with Crippen molar-refractivity contribution in [2.75, 3.05) is 0 Å². The quantitative estimate of drug-likeness (QED) is 0.747. The average molecular weight is 183 g/mol. The zero-order valence-corrected chi connectivity index (χ0v) is 7.57. The van der Waals surface area contributed by atoms with Gasteiger partial charge in [0.05, 0.1) is 12.1 Å². The van der Waals surface area contributed by atoms with Gasteiger partial charge in [-0.25, -0.2) is 4.39 Å². The summed E-state index contributed by atoms with van der Waals surface area (Å²) in [7, 11) is 0. The van der Waals surface area contributed by atoms with Crippen molar-refractivity contribution in [3.05, 3.63) is 35.6 Å². The van der Waals surface area contributed by atoms with Crippen molar-refractivity contribution in [1.82, 2.24) is 0 Å². The van der Waals surface area contributed by atoms with Gasteiger partial charge in [0.1, 0.15) is 5.82 Å². The first-order valence-electron chi connectivity index (χ1n) is 4.35. The molecule has 3 N–H and O–H groups in total. The molecule has 0 bridgehead atoms. The third-order valence-corrected chi connectivity index (χ3v) is 2.10. The van der Waals surface area contributed by atoms with Gasteiger partial charge in [0.2, 0.25) is 0 Å². The third kappa shape index (κ3) is 2.26. The second-order valence-electron chi connectivity index (χ2n) is 3.02. The monoisotopic (exact) mass is 183 g/mol. The molecule has 0 aliphatic heterocycles. The Hall–Kier alpha value is -0.930. The number of nitrogens with two attached hydrogens (primary N) is 1. The Balaban J connectivity index is 2.88. The van der Waals surface area contributed by atoms with Crippen molar-refractivity contribution >= 4 is 0 Å². The van der Waals surface area contributed by atoms with E-state index in [1.807, 2.05) is 6.92 Å². The molecule has 1 rings (SSSR count). The first-order chi connectivity index (χ1) is 6.16. The second kappa shape index (κ2) is 4.35. The largest absolute Gasteiger partial charge is 0.391 e. The summed E-state index contributed by atoms with van der Waals surface area (Å²) in [6, 6.07) is 5.62. The fourth-order valence-electron chi connectivity index (χ4n) is 1.21. The molecular formula is C10H14FNO. The van der Waals surface area contributed by atoms with Crippen molar-refractivity contribution in [2.45, 2.75) is 25.5 Å². The van der Waals surface area contributed by atoms with Crippen molar-refractivity contribution in [3.8, 4) is 0 Å². The lowest BCUT2D eigenvalue weighted by molar-refractivity contribution is 0.139. The van der Waals surface area contributed by atoms with E-state index in [0.29, 0.717) is 12.0 Å². The van der Waals surface area contributed by atoms with Gasteiger partial charge in [0, 0.05) is 5.56 Å². The number of aliphatic hydroxyl groups excluding tert-OH is 1. The fourth-order valence-corrected chi connectivity index (χ4v) is 1.21. The minimum Gasteiger partial charge on any atom is -0.391 e. The Morgan fingerprint density at radius 1 is 1.46 bits per heavy atom. The van der Waals surface area contributed by atoms with E-state index in [9.17, 15) is 9.50 Å². The van der Waals surface area contributed by atoms with Crippen LogP contribution in [0.15, 0.2) is 24.3 Å². The molecule has 13 heavy (non-hydrogen) atoms. The van der Waals surface area contributed by atoms with E-state index in [0.717, 1.165) is 0 Å². The zero-order valence-electron chi connectivity index (χ0n) is 7.57. The van der Waals surface area contributed by atoms with Crippen molar-refractivity contribution < 1.29 is 9.50 Å². The van der Waals surface area contributed by atoms with Crippen molar-refractivity contribution in [1.29, 1.82) is 0 Å². The fraction of sp³-hybridized carbons (Fsp3) is 0.400. The topological polar surface area (TPSA) is 46.2 Å². The molecule has 0 aliphatic rings. The molecule has 0 aliphatic carbocycles. The highest BCUT2D eigenvalue weighted by Gasteiger charge is 2.17. The van der Waals surface area contributed by atoms with E-state index in [1.165, 1.54) is 6.07 Å². The highest BCUT2D eigenvalue weighted by atomic mass is 19.1. The van der Waals surface area contributed by atoms with Gasteiger partial charge in [-0.1, -0.05) is 25.1 Å². The number of halogens is 1. The molecule has 2 atom stereocenters. The Morgan fingerprint density at radius 2 is 2.08 bits per heavy atom. The van der Waals surface area contributed by atoms with Gasteiger partial charge < -0.3 is 10.8 Å². The molecular weight excluding hydrogens is 169 g/mol. The van der Waals surface area contributed by atoms with E-state index in [4.69, 9.17) is 5.73 Å². The van der Waals surface area contributed by atoms with Crippen LogP contribution < -0.4 is 5.73 Å². The minimum absolute atomic E-state index is 0.359. The lowest BCUT2D eigenvalue weighted by Crippen LogP contribution is -2.26. The lowest BCUT2D eigenvalue weighted by Gasteiger charge is -2.17. The number of hydrogen-bond donors (Lipinski definition) is 2. The highest BCUT2D eigenvalue weighted by Crippen LogP contribution is 2.18. The molecule has 72 valence electrons. The van der Waals surface area contributed by atoms with Crippen LogP contribution in [0, 0.1) is 5.82 Å². The first-order valence-corrected chi connectivity index (χ1v) is 4.35. The number of rotatable bonds is 3.